The Kier molecular flexibility index (Phi) is 4.11. The highest BCUT2D eigenvalue weighted by Crippen LogP contribution is 2.48. The number of hydrogen-bond donors (Lipinski definition) is 2. The van der Waals surface area contributed by atoms with Crippen molar-refractivity contribution in [3.05, 3.63) is 53.1 Å². The molecule has 1 atom stereocenters. The number of phenols is 1. The fourth-order valence-electron chi connectivity index (χ4n) is 3.94. The standard InChI is InChI=1S/C21H23NO4/c1-2-3-6-10-22-17-8-5-4-7-15(17)21(25,20(22)24)16-12-14-9-11-26-19(14)13-18(16)23/h4-5,7-8,12-13,23,25H,2-3,6,9-11H2,1H3. The zero-order valence-corrected chi connectivity index (χ0v) is 14.9. The van der Waals surface area contributed by atoms with Crippen LogP contribution in [0.1, 0.15) is 42.9 Å². The van der Waals surface area contributed by atoms with E-state index in [0.29, 0.717) is 36.6 Å². The summed E-state index contributed by atoms with van der Waals surface area (Å²) in [5.41, 5.74) is 0.505. The average molecular weight is 353 g/mol. The summed E-state index contributed by atoms with van der Waals surface area (Å²) in [5, 5.41) is 22.1. The Bertz CT molecular complexity index is 863. The van der Waals surface area contributed by atoms with Gasteiger partial charge in [0.25, 0.3) is 5.91 Å². The monoisotopic (exact) mass is 353 g/mol. The molecule has 5 nitrogen and oxygen atoms in total. The molecular weight excluding hydrogens is 330 g/mol. The molecule has 5 heteroatoms. The first-order chi connectivity index (χ1) is 12.6. The summed E-state index contributed by atoms with van der Waals surface area (Å²) in [6.07, 6.45) is 3.65. The van der Waals surface area contributed by atoms with Crippen molar-refractivity contribution in [1.29, 1.82) is 0 Å². The molecule has 0 saturated carbocycles. The van der Waals surface area contributed by atoms with Crippen molar-refractivity contribution < 1.29 is 19.7 Å². The van der Waals surface area contributed by atoms with Crippen LogP contribution in [0.15, 0.2) is 36.4 Å². The van der Waals surface area contributed by atoms with Crippen LogP contribution in [-0.4, -0.2) is 29.3 Å². The molecule has 0 saturated heterocycles. The lowest BCUT2D eigenvalue weighted by atomic mass is 9.85. The average Bonchev–Trinajstić information content (AvgIpc) is 3.18. The SMILES string of the molecule is CCCCCN1C(=O)C(O)(c2cc3c(cc2O)OCC3)c2ccccc21. The van der Waals surface area contributed by atoms with Gasteiger partial charge in [0, 0.05) is 30.2 Å². The molecule has 2 aromatic carbocycles. The van der Waals surface area contributed by atoms with Crippen molar-refractivity contribution in [3.63, 3.8) is 0 Å². The van der Waals surface area contributed by atoms with E-state index >= 15 is 0 Å². The van der Waals surface area contributed by atoms with Crippen molar-refractivity contribution in [2.45, 2.75) is 38.2 Å². The molecule has 0 fully saturated rings. The third kappa shape index (κ3) is 2.38. The molecule has 136 valence electrons. The highest BCUT2D eigenvalue weighted by molar-refractivity contribution is 6.09. The predicted octanol–water partition coefficient (Wildman–Crippen LogP) is 3.10. The van der Waals surface area contributed by atoms with Crippen LogP contribution in [0, 0.1) is 0 Å². The first-order valence-electron chi connectivity index (χ1n) is 9.20. The number of nitrogens with zero attached hydrogens (tertiary/aromatic N) is 1. The quantitative estimate of drug-likeness (QED) is 0.811. The number of aliphatic hydroxyl groups is 1. The van der Waals surface area contributed by atoms with Crippen LogP contribution in [0.4, 0.5) is 5.69 Å². The third-order valence-electron chi connectivity index (χ3n) is 5.32. The van der Waals surface area contributed by atoms with E-state index in [-0.39, 0.29) is 11.3 Å². The Labute approximate surface area is 152 Å². The van der Waals surface area contributed by atoms with E-state index in [4.69, 9.17) is 4.74 Å². The van der Waals surface area contributed by atoms with Gasteiger partial charge in [-0.25, -0.2) is 0 Å². The summed E-state index contributed by atoms with van der Waals surface area (Å²) in [6.45, 7) is 3.21. The molecule has 2 aliphatic heterocycles. The number of ether oxygens (including phenoxy) is 1. The summed E-state index contributed by atoms with van der Waals surface area (Å²) in [6, 6.07) is 10.5. The lowest BCUT2D eigenvalue weighted by Gasteiger charge is -2.25. The molecular formula is C21H23NO4. The van der Waals surface area contributed by atoms with Gasteiger partial charge < -0.3 is 19.8 Å². The van der Waals surface area contributed by atoms with Crippen molar-refractivity contribution in [1.82, 2.24) is 0 Å². The number of para-hydroxylation sites is 1. The Morgan fingerprint density at radius 1 is 1.19 bits per heavy atom. The summed E-state index contributed by atoms with van der Waals surface area (Å²) < 4.78 is 5.48. The summed E-state index contributed by atoms with van der Waals surface area (Å²) >= 11 is 0. The Morgan fingerprint density at radius 3 is 2.81 bits per heavy atom. The van der Waals surface area contributed by atoms with E-state index in [2.05, 4.69) is 6.92 Å². The van der Waals surface area contributed by atoms with Crippen molar-refractivity contribution >= 4 is 11.6 Å². The van der Waals surface area contributed by atoms with Crippen LogP contribution in [0.3, 0.4) is 0 Å². The summed E-state index contributed by atoms with van der Waals surface area (Å²) in [4.78, 5) is 14.9. The maximum Gasteiger partial charge on any atom is 0.268 e. The van der Waals surface area contributed by atoms with Crippen LogP contribution < -0.4 is 9.64 Å². The number of carbonyl (C=O) groups is 1. The topological polar surface area (TPSA) is 70.0 Å². The number of aromatic hydroxyl groups is 1. The van der Waals surface area contributed by atoms with Gasteiger partial charge >= 0.3 is 0 Å². The Morgan fingerprint density at radius 2 is 2.00 bits per heavy atom. The predicted molar refractivity (Wildman–Crippen MR) is 98.6 cm³/mol. The molecule has 0 spiro atoms. The lowest BCUT2D eigenvalue weighted by Crippen LogP contribution is -2.41. The number of carbonyl (C=O) groups excluding carboxylic acids is 1. The van der Waals surface area contributed by atoms with E-state index in [9.17, 15) is 15.0 Å². The minimum Gasteiger partial charge on any atom is -0.507 e. The van der Waals surface area contributed by atoms with Gasteiger partial charge in [-0.05, 0) is 24.1 Å². The van der Waals surface area contributed by atoms with Crippen LogP contribution in [0.25, 0.3) is 0 Å². The molecule has 0 radical (unpaired) electrons. The number of anilines is 1. The van der Waals surface area contributed by atoms with Gasteiger partial charge in [0.05, 0.1) is 12.3 Å². The van der Waals surface area contributed by atoms with Crippen LogP contribution in [0.5, 0.6) is 11.5 Å². The molecule has 4 rings (SSSR count). The fraction of sp³-hybridized carbons (Fsp3) is 0.381. The number of amides is 1. The minimum atomic E-state index is -1.87. The van der Waals surface area contributed by atoms with E-state index < -0.39 is 11.5 Å². The summed E-state index contributed by atoms with van der Waals surface area (Å²) in [5.74, 6) is 0.101. The second kappa shape index (κ2) is 6.32. The maximum atomic E-state index is 13.3. The van der Waals surface area contributed by atoms with Crippen molar-refractivity contribution in [2.24, 2.45) is 0 Å². The van der Waals surface area contributed by atoms with Crippen LogP contribution in [-0.2, 0) is 16.8 Å². The molecule has 26 heavy (non-hydrogen) atoms. The van der Waals surface area contributed by atoms with Crippen LogP contribution in [0.2, 0.25) is 0 Å². The largest absolute Gasteiger partial charge is 0.507 e. The van der Waals surface area contributed by atoms with E-state index in [1.807, 2.05) is 12.1 Å². The normalized spacial score (nSPS) is 20.8. The van der Waals surface area contributed by atoms with Crippen molar-refractivity contribution in [3.8, 4) is 11.5 Å². The minimum absolute atomic E-state index is 0.119. The molecule has 0 bridgehead atoms. The number of hydrogen-bond acceptors (Lipinski definition) is 4. The van der Waals surface area contributed by atoms with Gasteiger partial charge in [0.2, 0.25) is 0 Å². The van der Waals surface area contributed by atoms with Gasteiger partial charge in [-0.15, -0.1) is 0 Å². The van der Waals surface area contributed by atoms with Crippen LogP contribution >= 0.6 is 0 Å². The number of benzene rings is 2. The first kappa shape index (κ1) is 16.9. The Hall–Kier alpha value is -2.53. The zero-order chi connectivity index (χ0) is 18.3. The van der Waals surface area contributed by atoms with Gasteiger partial charge in [-0.3, -0.25) is 4.79 Å². The van der Waals surface area contributed by atoms with Gasteiger partial charge in [0.1, 0.15) is 11.5 Å². The molecule has 2 heterocycles. The molecule has 2 aromatic rings. The lowest BCUT2D eigenvalue weighted by molar-refractivity contribution is -0.132. The summed E-state index contributed by atoms with van der Waals surface area (Å²) in [7, 11) is 0. The van der Waals surface area contributed by atoms with E-state index in [1.54, 1.807) is 23.1 Å². The van der Waals surface area contributed by atoms with Gasteiger partial charge in [-0.2, -0.15) is 0 Å². The smallest absolute Gasteiger partial charge is 0.268 e. The highest BCUT2D eigenvalue weighted by Gasteiger charge is 2.52. The zero-order valence-electron chi connectivity index (χ0n) is 14.9. The van der Waals surface area contributed by atoms with Crippen molar-refractivity contribution in [2.75, 3.05) is 18.1 Å². The molecule has 2 N–H and O–H groups in total. The second-order valence-corrected chi connectivity index (χ2v) is 6.97. The maximum absolute atomic E-state index is 13.3. The molecule has 2 aliphatic rings. The number of unbranched alkanes of at least 4 members (excludes halogenated alkanes) is 2. The third-order valence-corrected chi connectivity index (χ3v) is 5.32. The second-order valence-electron chi connectivity index (χ2n) is 6.97. The Balaban J connectivity index is 1.82. The van der Waals surface area contributed by atoms with Gasteiger partial charge in [0.15, 0.2) is 5.60 Å². The number of rotatable bonds is 5. The van der Waals surface area contributed by atoms with E-state index in [0.717, 1.165) is 24.8 Å². The molecule has 0 aliphatic carbocycles. The van der Waals surface area contributed by atoms with E-state index in [1.165, 1.54) is 6.07 Å². The molecule has 1 unspecified atom stereocenters. The number of phenolic OH excluding ortho intramolecular Hbond substituents is 1. The molecule has 0 aromatic heterocycles. The first-order valence-corrected chi connectivity index (χ1v) is 9.20. The van der Waals surface area contributed by atoms with Gasteiger partial charge in [-0.1, -0.05) is 38.0 Å². The number of fused-ring (bicyclic) bond motifs is 2. The highest BCUT2D eigenvalue weighted by atomic mass is 16.5. The fourth-order valence-corrected chi connectivity index (χ4v) is 3.94. The molecule has 1 amide bonds.